The van der Waals surface area contributed by atoms with Crippen LogP contribution in [0.15, 0.2) is 255 Å². The van der Waals surface area contributed by atoms with Gasteiger partial charge in [-0.05, 0) is 102 Å². The summed E-state index contributed by atoms with van der Waals surface area (Å²) in [7, 11) is 0. The highest BCUT2D eigenvalue weighted by Crippen LogP contribution is 2.51. The number of nitrogens with zero attached hydrogens (tertiary/aromatic N) is 2. The Hall–Kier alpha value is -8.72. The lowest BCUT2D eigenvalue weighted by Gasteiger charge is -2.17. The Morgan fingerprint density at radius 2 is 0.515 bits per heavy atom. The quantitative estimate of drug-likeness (QED) is 0.142. The molecule has 0 spiro atoms. The Kier molecular flexibility index (Phi) is 8.89. The third-order valence-corrected chi connectivity index (χ3v) is 13.5. The van der Waals surface area contributed by atoms with Gasteiger partial charge in [0.1, 0.15) is 0 Å². The molecule has 0 aliphatic rings. The molecule has 308 valence electrons. The average Bonchev–Trinajstić information content (AvgIpc) is 3.93. The third-order valence-electron chi connectivity index (χ3n) is 13.5. The fraction of sp³-hybridized carbons (Fsp3) is 0. The molecule has 0 radical (unpaired) electrons. The second-order valence-electron chi connectivity index (χ2n) is 17.2. The van der Waals surface area contributed by atoms with Crippen LogP contribution in [0.3, 0.4) is 0 Å². The summed E-state index contributed by atoms with van der Waals surface area (Å²) in [5, 5.41) is 9.97. The van der Waals surface area contributed by atoms with E-state index in [0.29, 0.717) is 0 Å². The molecule has 0 saturated carbocycles. The van der Waals surface area contributed by atoms with Gasteiger partial charge in [-0.15, -0.1) is 0 Å². The van der Waals surface area contributed by atoms with Crippen LogP contribution in [0, 0.1) is 0 Å². The summed E-state index contributed by atoms with van der Waals surface area (Å²) in [6.07, 6.45) is 0. The van der Waals surface area contributed by atoms with Gasteiger partial charge in [0.15, 0.2) is 0 Å². The lowest BCUT2D eigenvalue weighted by molar-refractivity contribution is 1.13. The largest absolute Gasteiger partial charge is 0.309 e. The van der Waals surface area contributed by atoms with Gasteiger partial charge in [-0.2, -0.15) is 0 Å². The monoisotopic (exact) mass is 838 g/mol. The number of hydrogen-bond donors (Lipinski definition) is 0. The van der Waals surface area contributed by atoms with E-state index in [-0.39, 0.29) is 0 Å². The predicted octanol–water partition coefficient (Wildman–Crippen LogP) is 17.4. The lowest BCUT2D eigenvalue weighted by atomic mass is 9.92. The summed E-state index contributed by atoms with van der Waals surface area (Å²) >= 11 is 0. The van der Waals surface area contributed by atoms with Gasteiger partial charge < -0.3 is 9.13 Å². The van der Waals surface area contributed by atoms with Gasteiger partial charge in [-0.3, -0.25) is 0 Å². The summed E-state index contributed by atoms with van der Waals surface area (Å²) < 4.78 is 4.99. The highest BCUT2D eigenvalue weighted by molar-refractivity contribution is 6.26. The SMILES string of the molecule is c1ccc(-c2ccc(-c3ccc(-c4c(-c5c(-c6ccccc6)n(-c6ccccc6)c6ccccc56)c5ccccc5n4-c4ccc5c6ccccc6c6ccccc6c5c4)cc3)cc2)cc1. The van der Waals surface area contributed by atoms with Crippen LogP contribution in [-0.2, 0) is 0 Å². The molecule has 0 saturated heterocycles. The summed E-state index contributed by atoms with van der Waals surface area (Å²) in [6, 6.07) is 93.3. The number of para-hydroxylation sites is 3. The van der Waals surface area contributed by atoms with Crippen molar-refractivity contribution in [3.8, 4) is 67.3 Å². The molecule has 0 aliphatic carbocycles. The van der Waals surface area contributed by atoms with Crippen molar-refractivity contribution in [2.75, 3.05) is 0 Å². The van der Waals surface area contributed by atoms with Crippen molar-refractivity contribution < 1.29 is 0 Å². The van der Waals surface area contributed by atoms with Crippen LogP contribution in [0.1, 0.15) is 0 Å². The van der Waals surface area contributed by atoms with E-state index in [0.717, 1.165) is 33.7 Å². The molecule has 2 heteroatoms. The Balaban J connectivity index is 1.12. The standard InChI is InChI=1S/C64H42N2/c1-4-18-43(19-5-1)44-32-34-45(35-33-44)46-36-38-48(39-37-46)64-62(61-56-28-14-16-30-59(56)65(49-22-8-3-9-23-49)63(61)47-20-6-2-7-21-47)57-29-15-17-31-60(57)66(64)50-40-41-55-53-26-11-10-24-51(53)52-25-12-13-27-54(52)58(55)42-50/h1-42H. The molecule has 13 aromatic rings. The molecule has 0 fully saturated rings. The van der Waals surface area contributed by atoms with Crippen LogP contribution in [-0.4, -0.2) is 9.13 Å². The van der Waals surface area contributed by atoms with Crippen LogP contribution in [0.5, 0.6) is 0 Å². The van der Waals surface area contributed by atoms with E-state index in [1.165, 1.54) is 87.7 Å². The van der Waals surface area contributed by atoms with Gasteiger partial charge in [-0.25, -0.2) is 0 Å². The molecule has 11 aromatic carbocycles. The zero-order valence-corrected chi connectivity index (χ0v) is 36.1. The average molecular weight is 839 g/mol. The number of fused-ring (bicyclic) bond motifs is 8. The van der Waals surface area contributed by atoms with E-state index in [4.69, 9.17) is 0 Å². The van der Waals surface area contributed by atoms with E-state index in [1.807, 2.05) is 0 Å². The molecule has 0 aliphatic heterocycles. The van der Waals surface area contributed by atoms with Crippen LogP contribution < -0.4 is 0 Å². The Labute approximate surface area is 383 Å². The summed E-state index contributed by atoms with van der Waals surface area (Å²) in [6.45, 7) is 0. The van der Waals surface area contributed by atoms with Crippen molar-refractivity contribution in [2.45, 2.75) is 0 Å². The van der Waals surface area contributed by atoms with Crippen LogP contribution in [0.2, 0.25) is 0 Å². The summed E-state index contributed by atoms with van der Waals surface area (Å²) in [5.74, 6) is 0. The first-order valence-electron chi connectivity index (χ1n) is 22.8. The Bertz CT molecular complexity index is 3900. The molecule has 2 heterocycles. The van der Waals surface area contributed by atoms with E-state index in [9.17, 15) is 0 Å². The van der Waals surface area contributed by atoms with Crippen molar-refractivity contribution in [3.63, 3.8) is 0 Å². The molecule has 66 heavy (non-hydrogen) atoms. The first-order chi connectivity index (χ1) is 32.8. The Morgan fingerprint density at radius 3 is 1.00 bits per heavy atom. The number of aromatic nitrogens is 2. The minimum Gasteiger partial charge on any atom is -0.309 e. The van der Waals surface area contributed by atoms with Gasteiger partial charge in [0.05, 0.1) is 22.4 Å². The fourth-order valence-electron chi connectivity index (χ4n) is 10.6. The number of rotatable bonds is 7. The van der Waals surface area contributed by atoms with Crippen molar-refractivity contribution in [1.82, 2.24) is 9.13 Å². The maximum atomic E-state index is 2.53. The molecule has 0 atom stereocenters. The highest BCUT2D eigenvalue weighted by atomic mass is 15.0. The summed E-state index contributed by atoms with van der Waals surface area (Å²) in [5.41, 5.74) is 16.4. The topological polar surface area (TPSA) is 9.86 Å². The maximum Gasteiger partial charge on any atom is 0.0620 e. The molecule has 0 amide bonds. The van der Waals surface area contributed by atoms with Crippen molar-refractivity contribution >= 4 is 54.1 Å². The van der Waals surface area contributed by atoms with Crippen molar-refractivity contribution in [1.29, 1.82) is 0 Å². The maximum absolute atomic E-state index is 2.53. The normalized spacial score (nSPS) is 11.6. The Morgan fingerprint density at radius 1 is 0.197 bits per heavy atom. The van der Waals surface area contributed by atoms with E-state index < -0.39 is 0 Å². The zero-order chi connectivity index (χ0) is 43.6. The number of benzene rings is 11. The minimum atomic E-state index is 1.12. The van der Waals surface area contributed by atoms with E-state index in [2.05, 4.69) is 264 Å². The van der Waals surface area contributed by atoms with Crippen LogP contribution in [0.4, 0.5) is 0 Å². The van der Waals surface area contributed by atoms with Crippen LogP contribution in [0.25, 0.3) is 121 Å². The molecule has 2 aromatic heterocycles. The second-order valence-corrected chi connectivity index (χ2v) is 17.2. The fourth-order valence-corrected chi connectivity index (χ4v) is 10.6. The second kappa shape index (κ2) is 15.5. The molecule has 0 N–H and O–H groups in total. The first-order valence-corrected chi connectivity index (χ1v) is 22.8. The van der Waals surface area contributed by atoms with Gasteiger partial charge in [0.25, 0.3) is 0 Å². The van der Waals surface area contributed by atoms with Crippen molar-refractivity contribution in [3.05, 3.63) is 255 Å². The molecular formula is C64H42N2. The first kappa shape index (κ1) is 37.8. The number of hydrogen-bond acceptors (Lipinski definition) is 0. The lowest BCUT2D eigenvalue weighted by Crippen LogP contribution is -1.99. The molecular weight excluding hydrogens is 797 g/mol. The van der Waals surface area contributed by atoms with Crippen LogP contribution >= 0.6 is 0 Å². The van der Waals surface area contributed by atoms with Gasteiger partial charge in [0.2, 0.25) is 0 Å². The zero-order valence-electron chi connectivity index (χ0n) is 36.1. The summed E-state index contributed by atoms with van der Waals surface area (Å²) in [4.78, 5) is 0. The molecule has 13 rings (SSSR count). The molecule has 0 bridgehead atoms. The van der Waals surface area contributed by atoms with E-state index >= 15 is 0 Å². The van der Waals surface area contributed by atoms with Crippen molar-refractivity contribution in [2.24, 2.45) is 0 Å². The third kappa shape index (κ3) is 6.04. The van der Waals surface area contributed by atoms with E-state index in [1.54, 1.807) is 0 Å². The minimum absolute atomic E-state index is 1.12. The highest BCUT2D eigenvalue weighted by Gasteiger charge is 2.29. The molecule has 0 unspecified atom stereocenters. The molecule has 2 nitrogen and oxygen atoms in total. The van der Waals surface area contributed by atoms with Gasteiger partial charge in [0, 0.05) is 33.3 Å². The smallest absolute Gasteiger partial charge is 0.0620 e. The van der Waals surface area contributed by atoms with Gasteiger partial charge in [-0.1, -0.05) is 218 Å². The van der Waals surface area contributed by atoms with Gasteiger partial charge >= 0.3 is 0 Å². The predicted molar refractivity (Wildman–Crippen MR) is 280 cm³/mol.